The Bertz CT molecular complexity index is 302. The molecule has 0 saturated carbocycles. The maximum Gasteiger partial charge on any atom is 0.341 e. The molecule has 6 nitrogen and oxygen atoms in total. The maximum absolute atomic E-state index is 9.76. The third-order valence-corrected chi connectivity index (χ3v) is 3.75. The van der Waals surface area contributed by atoms with Gasteiger partial charge in [-0.3, -0.25) is 0 Å². The van der Waals surface area contributed by atoms with E-state index in [2.05, 4.69) is 30.6 Å². The van der Waals surface area contributed by atoms with E-state index >= 15 is 0 Å². The van der Waals surface area contributed by atoms with E-state index in [9.17, 15) is 9.90 Å². The van der Waals surface area contributed by atoms with E-state index in [-0.39, 0.29) is 12.7 Å². The van der Waals surface area contributed by atoms with Crippen LogP contribution < -0.4 is 0 Å². The molecule has 0 aromatic rings. The summed E-state index contributed by atoms with van der Waals surface area (Å²) >= 11 is 3.17. The Morgan fingerprint density at radius 2 is 1.62 bits per heavy atom. The molecule has 0 rings (SSSR count). The van der Waals surface area contributed by atoms with Crippen molar-refractivity contribution < 1.29 is 28.7 Å². The fraction of sp³-hybridized carbons (Fsp3) is 0.842. The number of carbonyl (C=O) groups excluding carboxylic acids is 1. The van der Waals surface area contributed by atoms with Gasteiger partial charge in [0, 0.05) is 19.0 Å². The van der Waals surface area contributed by atoms with Gasteiger partial charge in [0.2, 0.25) is 0 Å². The molecule has 0 spiro atoms. The molecule has 0 amide bonds. The van der Waals surface area contributed by atoms with E-state index < -0.39 is 5.97 Å². The van der Waals surface area contributed by atoms with Gasteiger partial charge in [0.1, 0.15) is 0 Å². The third-order valence-electron chi connectivity index (χ3n) is 3.57. The highest BCUT2D eigenvalue weighted by molar-refractivity contribution is 7.75. The molecule has 156 valence electrons. The number of rotatable bonds is 17. The van der Waals surface area contributed by atoms with Crippen LogP contribution in [0.15, 0.2) is 12.7 Å². The SMILES string of the molecule is C=CC(=O)OS.CCCCCCCCCCC(O)COCCOCCO. The molecular weight excluding hydrogens is 356 g/mol. The van der Waals surface area contributed by atoms with Crippen LogP contribution in [0.1, 0.15) is 64.7 Å². The van der Waals surface area contributed by atoms with E-state index in [0.717, 1.165) is 18.9 Å². The number of aliphatic hydroxyl groups excluding tert-OH is 2. The molecule has 0 fully saturated rings. The van der Waals surface area contributed by atoms with E-state index in [1.54, 1.807) is 0 Å². The number of unbranched alkanes of at least 4 members (excludes halogenated alkanes) is 7. The molecule has 2 N–H and O–H groups in total. The Morgan fingerprint density at radius 3 is 2.12 bits per heavy atom. The first kappa shape index (κ1) is 27.6. The van der Waals surface area contributed by atoms with Crippen molar-refractivity contribution >= 4 is 18.9 Å². The van der Waals surface area contributed by atoms with Crippen LogP contribution in [0.5, 0.6) is 0 Å². The second-order valence-electron chi connectivity index (χ2n) is 5.94. The average molecular weight is 395 g/mol. The molecule has 0 aromatic carbocycles. The van der Waals surface area contributed by atoms with E-state index in [1.807, 2.05) is 0 Å². The highest BCUT2D eigenvalue weighted by Gasteiger charge is 2.03. The van der Waals surface area contributed by atoms with Gasteiger partial charge in [-0.15, -0.1) is 0 Å². The average Bonchev–Trinajstić information content (AvgIpc) is 2.66. The lowest BCUT2D eigenvalue weighted by molar-refractivity contribution is -0.127. The van der Waals surface area contributed by atoms with Crippen molar-refractivity contribution in [3.05, 3.63) is 12.7 Å². The van der Waals surface area contributed by atoms with Crippen LogP contribution in [0.25, 0.3) is 0 Å². The van der Waals surface area contributed by atoms with Crippen LogP contribution in [-0.4, -0.2) is 55.3 Å². The Labute approximate surface area is 164 Å². The van der Waals surface area contributed by atoms with Crippen molar-refractivity contribution in [1.82, 2.24) is 0 Å². The summed E-state index contributed by atoms with van der Waals surface area (Å²) in [6.07, 6.45) is 11.8. The number of thiol groups is 1. The smallest absolute Gasteiger partial charge is 0.341 e. The minimum Gasteiger partial charge on any atom is -0.394 e. The molecule has 26 heavy (non-hydrogen) atoms. The molecule has 0 bridgehead atoms. The number of aliphatic hydroxyl groups is 2. The van der Waals surface area contributed by atoms with Gasteiger partial charge in [-0.05, 0) is 6.42 Å². The normalized spacial score (nSPS) is 11.4. The number of hydrogen-bond donors (Lipinski definition) is 3. The Balaban J connectivity index is 0. The predicted octanol–water partition coefficient (Wildman–Crippen LogP) is 3.46. The first-order valence-corrected chi connectivity index (χ1v) is 9.91. The second-order valence-corrected chi connectivity index (χ2v) is 6.13. The van der Waals surface area contributed by atoms with Crippen molar-refractivity contribution in [3.8, 4) is 0 Å². The third kappa shape index (κ3) is 25.6. The van der Waals surface area contributed by atoms with Crippen molar-refractivity contribution in [2.24, 2.45) is 0 Å². The topological polar surface area (TPSA) is 85.2 Å². The zero-order valence-corrected chi connectivity index (χ0v) is 17.1. The first-order chi connectivity index (χ1) is 12.6. The summed E-state index contributed by atoms with van der Waals surface area (Å²) in [6.45, 7) is 7.09. The summed E-state index contributed by atoms with van der Waals surface area (Å²) < 4.78 is 14.2. The molecule has 1 unspecified atom stereocenters. The van der Waals surface area contributed by atoms with E-state index in [4.69, 9.17) is 14.6 Å². The molecule has 0 heterocycles. The van der Waals surface area contributed by atoms with Gasteiger partial charge >= 0.3 is 5.97 Å². The number of carbonyl (C=O) groups is 1. The Morgan fingerprint density at radius 1 is 1.04 bits per heavy atom. The quantitative estimate of drug-likeness (QED) is 0.152. The van der Waals surface area contributed by atoms with Crippen molar-refractivity contribution in [2.75, 3.05) is 33.0 Å². The van der Waals surface area contributed by atoms with Gasteiger partial charge < -0.3 is 23.9 Å². The second kappa shape index (κ2) is 24.4. The van der Waals surface area contributed by atoms with Crippen LogP contribution >= 0.6 is 12.9 Å². The standard InChI is InChI=1S/C16H34O4.C3H4O2S/c1-2-3-4-5-6-7-8-9-10-16(18)15-20-14-13-19-12-11-17;1-2-3(4)5-6/h16-18H,2-15H2,1H3;2,6H,1H2. The lowest BCUT2D eigenvalue weighted by Crippen LogP contribution is -2.17. The van der Waals surface area contributed by atoms with Crippen LogP contribution in [0.3, 0.4) is 0 Å². The summed E-state index contributed by atoms with van der Waals surface area (Å²) in [5.41, 5.74) is 0. The Hall–Kier alpha value is -0.600. The molecule has 1 atom stereocenters. The van der Waals surface area contributed by atoms with Gasteiger partial charge in [-0.25, -0.2) is 4.79 Å². The zero-order valence-electron chi connectivity index (χ0n) is 16.2. The summed E-state index contributed by atoms with van der Waals surface area (Å²) in [5, 5.41) is 18.2. The zero-order chi connectivity index (χ0) is 19.9. The summed E-state index contributed by atoms with van der Waals surface area (Å²) in [5.74, 6) is -0.529. The molecule has 0 aliphatic carbocycles. The summed E-state index contributed by atoms with van der Waals surface area (Å²) in [6, 6.07) is 0. The van der Waals surface area contributed by atoms with Gasteiger partial charge in [0.15, 0.2) is 0 Å². The number of hydrogen-bond acceptors (Lipinski definition) is 7. The van der Waals surface area contributed by atoms with Crippen molar-refractivity contribution in [1.29, 1.82) is 0 Å². The maximum atomic E-state index is 9.76. The van der Waals surface area contributed by atoms with E-state index in [1.165, 1.54) is 44.9 Å². The van der Waals surface area contributed by atoms with Crippen LogP contribution in [0, 0.1) is 0 Å². The van der Waals surface area contributed by atoms with Gasteiger partial charge in [-0.2, -0.15) is 0 Å². The fourth-order valence-corrected chi connectivity index (χ4v) is 2.21. The molecule has 0 saturated heterocycles. The van der Waals surface area contributed by atoms with E-state index in [0.29, 0.717) is 26.4 Å². The molecule has 0 aliphatic rings. The van der Waals surface area contributed by atoms with Crippen LogP contribution in [-0.2, 0) is 18.5 Å². The largest absolute Gasteiger partial charge is 0.394 e. The molecule has 0 aromatic heterocycles. The van der Waals surface area contributed by atoms with Crippen molar-refractivity contribution in [2.45, 2.75) is 70.8 Å². The van der Waals surface area contributed by atoms with Crippen molar-refractivity contribution in [3.63, 3.8) is 0 Å². The van der Waals surface area contributed by atoms with Gasteiger partial charge in [0.05, 0.1) is 39.1 Å². The highest BCUT2D eigenvalue weighted by Crippen LogP contribution is 2.10. The number of ether oxygens (including phenoxy) is 2. The lowest BCUT2D eigenvalue weighted by Gasteiger charge is -2.11. The summed E-state index contributed by atoms with van der Waals surface area (Å²) in [4.78, 5) is 9.76. The highest BCUT2D eigenvalue weighted by atomic mass is 32.1. The minimum atomic E-state index is -0.529. The predicted molar refractivity (Wildman–Crippen MR) is 107 cm³/mol. The van der Waals surface area contributed by atoms with Gasteiger partial charge in [0.25, 0.3) is 0 Å². The monoisotopic (exact) mass is 394 g/mol. The molecule has 7 heteroatoms. The molecule has 0 aliphatic heterocycles. The minimum absolute atomic E-state index is 0.0427. The lowest BCUT2D eigenvalue weighted by atomic mass is 10.1. The van der Waals surface area contributed by atoms with Crippen LogP contribution in [0.2, 0.25) is 0 Å². The fourth-order valence-electron chi connectivity index (χ4n) is 2.14. The molecular formula is C19H38O6S. The van der Waals surface area contributed by atoms with Gasteiger partial charge in [-0.1, -0.05) is 64.9 Å². The first-order valence-electron chi connectivity index (χ1n) is 9.54. The van der Waals surface area contributed by atoms with Crippen LogP contribution in [0.4, 0.5) is 0 Å². The molecule has 0 radical (unpaired) electrons. The Kier molecular flexibility index (Phi) is 25.9. The summed E-state index contributed by atoms with van der Waals surface area (Å²) in [7, 11) is 0.